The van der Waals surface area contributed by atoms with Crippen LogP contribution in [0.15, 0.2) is 55.1 Å². The summed E-state index contributed by atoms with van der Waals surface area (Å²) in [7, 11) is 3.32. The van der Waals surface area contributed by atoms with Gasteiger partial charge >= 0.3 is 0 Å². The molecule has 21 heavy (non-hydrogen) atoms. The highest BCUT2D eigenvalue weighted by Gasteiger charge is 2.11. The number of nitrogens with one attached hydrogen (secondary N) is 1. The second-order valence-electron chi connectivity index (χ2n) is 4.70. The molecule has 3 heteroatoms. The molecular formula is C18H21NO2. The van der Waals surface area contributed by atoms with Gasteiger partial charge in [0, 0.05) is 17.8 Å². The minimum atomic E-state index is 0.731. The van der Waals surface area contributed by atoms with Gasteiger partial charge in [-0.15, -0.1) is 6.58 Å². The van der Waals surface area contributed by atoms with E-state index in [2.05, 4.69) is 18.0 Å². The molecule has 2 aromatic rings. The topological polar surface area (TPSA) is 30.5 Å². The number of allylic oxidation sites excluding steroid dienone is 1. The molecule has 0 aliphatic carbocycles. The van der Waals surface area contributed by atoms with E-state index in [4.69, 9.17) is 9.47 Å². The number of benzene rings is 2. The molecule has 0 unspecified atom stereocenters. The number of methoxy groups -OCH3 is 2. The average Bonchev–Trinajstić information content (AvgIpc) is 2.53. The summed E-state index contributed by atoms with van der Waals surface area (Å²) in [6, 6.07) is 14.3. The van der Waals surface area contributed by atoms with Crippen molar-refractivity contribution >= 4 is 5.69 Å². The summed E-state index contributed by atoms with van der Waals surface area (Å²) in [4.78, 5) is 0. The Kier molecular flexibility index (Phi) is 5.27. The highest BCUT2D eigenvalue weighted by Crippen LogP contribution is 2.33. The zero-order valence-corrected chi connectivity index (χ0v) is 12.6. The molecule has 0 saturated carbocycles. The van der Waals surface area contributed by atoms with Gasteiger partial charge in [0.1, 0.15) is 0 Å². The minimum absolute atomic E-state index is 0.731. The Morgan fingerprint density at radius 2 is 1.86 bits per heavy atom. The zero-order chi connectivity index (χ0) is 15.1. The molecule has 0 aliphatic rings. The smallest absolute Gasteiger partial charge is 0.164 e. The van der Waals surface area contributed by atoms with Crippen LogP contribution >= 0.6 is 0 Å². The Morgan fingerprint density at radius 1 is 1.10 bits per heavy atom. The van der Waals surface area contributed by atoms with E-state index >= 15 is 0 Å². The highest BCUT2D eigenvalue weighted by atomic mass is 16.5. The van der Waals surface area contributed by atoms with E-state index < -0.39 is 0 Å². The largest absolute Gasteiger partial charge is 0.493 e. The first kappa shape index (κ1) is 15.0. The zero-order valence-electron chi connectivity index (χ0n) is 12.6. The monoisotopic (exact) mass is 283 g/mol. The summed E-state index contributed by atoms with van der Waals surface area (Å²) in [6.07, 6.45) is 2.62. The van der Waals surface area contributed by atoms with Crippen molar-refractivity contribution in [3.05, 3.63) is 66.2 Å². The van der Waals surface area contributed by atoms with Gasteiger partial charge in [-0.1, -0.05) is 24.3 Å². The van der Waals surface area contributed by atoms with Gasteiger partial charge < -0.3 is 14.8 Å². The predicted molar refractivity (Wildman–Crippen MR) is 87.2 cm³/mol. The van der Waals surface area contributed by atoms with Crippen LogP contribution in [-0.2, 0) is 13.0 Å². The molecular weight excluding hydrogens is 262 g/mol. The summed E-state index contributed by atoms with van der Waals surface area (Å²) in [5.41, 5.74) is 3.32. The first-order valence-corrected chi connectivity index (χ1v) is 6.92. The Hall–Kier alpha value is -2.42. The SMILES string of the molecule is C=CCc1cc(CNc2ccccc2)cc(OC)c1OC. The van der Waals surface area contributed by atoms with Crippen LogP contribution in [0.5, 0.6) is 11.5 Å². The fraction of sp³-hybridized carbons (Fsp3) is 0.222. The third kappa shape index (κ3) is 3.78. The van der Waals surface area contributed by atoms with Crippen molar-refractivity contribution in [2.75, 3.05) is 19.5 Å². The van der Waals surface area contributed by atoms with Gasteiger partial charge in [-0.05, 0) is 36.2 Å². The van der Waals surface area contributed by atoms with E-state index in [-0.39, 0.29) is 0 Å². The third-order valence-electron chi connectivity index (χ3n) is 3.25. The summed E-state index contributed by atoms with van der Waals surface area (Å²) in [5.74, 6) is 1.53. The number of rotatable bonds is 7. The first-order chi connectivity index (χ1) is 10.3. The molecule has 0 amide bonds. The normalized spacial score (nSPS) is 10.0. The molecule has 3 nitrogen and oxygen atoms in total. The van der Waals surface area contributed by atoms with Crippen LogP contribution in [-0.4, -0.2) is 14.2 Å². The number of anilines is 1. The number of hydrogen-bond donors (Lipinski definition) is 1. The third-order valence-corrected chi connectivity index (χ3v) is 3.25. The van der Waals surface area contributed by atoms with E-state index in [1.165, 1.54) is 0 Å². The number of ether oxygens (including phenoxy) is 2. The lowest BCUT2D eigenvalue weighted by Crippen LogP contribution is -2.03. The maximum atomic E-state index is 5.44. The van der Waals surface area contributed by atoms with Gasteiger partial charge in [0.05, 0.1) is 14.2 Å². The maximum absolute atomic E-state index is 5.44. The molecule has 110 valence electrons. The molecule has 2 rings (SSSR count). The summed E-state index contributed by atoms with van der Waals surface area (Å²) in [6.45, 7) is 4.53. The standard InChI is InChI=1S/C18H21NO2/c1-4-8-15-11-14(12-17(20-2)18(15)21-3)13-19-16-9-6-5-7-10-16/h4-7,9-12,19H,1,8,13H2,2-3H3. The van der Waals surface area contributed by atoms with E-state index in [1.54, 1.807) is 14.2 Å². The Bertz CT molecular complexity index is 594. The van der Waals surface area contributed by atoms with Crippen molar-refractivity contribution in [3.63, 3.8) is 0 Å². The van der Waals surface area contributed by atoms with Crippen LogP contribution < -0.4 is 14.8 Å². The molecule has 0 saturated heterocycles. The van der Waals surface area contributed by atoms with Crippen molar-refractivity contribution in [2.45, 2.75) is 13.0 Å². The lowest BCUT2D eigenvalue weighted by molar-refractivity contribution is 0.352. The van der Waals surface area contributed by atoms with Gasteiger partial charge in [0.15, 0.2) is 11.5 Å². The number of hydrogen-bond acceptors (Lipinski definition) is 3. The van der Waals surface area contributed by atoms with E-state index in [9.17, 15) is 0 Å². The lowest BCUT2D eigenvalue weighted by Gasteiger charge is -2.15. The fourth-order valence-electron chi connectivity index (χ4n) is 2.28. The van der Waals surface area contributed by atoms with Crippen molar-refractivity contribution in [3.8, 4) is 11.5 Å². The second-order valence-corrected chi connectivity index (χ2v) is 4.70. The summed E-state index contributed by atoms with van der Waals surface area (Å²) < 4.78 is 10.9. The van der Waals surface area contributed by atoms with Crippen LogP contribution in [0.3, 0.4) is 0 Å². The van der Waals surface area contributed by atoms with Crippen molar-refractivity contribution in [1.29, 1.82) is 0 Å². The number of para-hydroxylation sites is 1. The average molecular weight is 283 g/mol. The molecule has 0 bridgehead atoms. The molecule has 1 N–H and O–H groups in total. The van der Waals surface area contributed by atoms with E-state index in [0.29, 0.717) is 0 Å². The van der Waals surface area contributed by atoms with Gasteiger partial charge in [-0.25, -0.2) is 0 Å². The van der Waals surface area contributed by atoms with Crippen molar-refractivity contribution in [2.24, 2.45) is 0 Å². The van der Waals surface area contributed by atoms with Crippen molar-refractivity contribution < 1.29 is 9.47 Å². The summed E-state index contributed by atoms with van der Waals surface area (Å²) >= 11 is 0. The van der Waals surface area contributed by atoms with Crippen LogP contribution in [0.1, 0.15) is 11.1 Å². The first-order valence-electron chi connectivity index (χ1n) is 6.92. The lowest BCUT2D eigenvalue weighted by atomic mass is 10.1. The molecule has 0 aromatic heterocycles. The Balaban J connectivity index is 2.23. The van der Waals surface area contributed by atoms with Crippen LogP contribution in [0.4, 0.5) is 5.69 Å². The van der Waals surface area contributed by atoms with Gasteiger partial charge in [0.25, 0.3) is 0 Å². The summed E-state index contributed by atoms with van der Waals surface area (Å²) in [5, 5.41) is 3.40. The Morgan fingerprint density at radius 3 is 2.48 bits per heavy atom. The highest BCUT2D eigenvalue weighted by molar-refractivity contribution is 5.51. The van der Waals surface area contributed by atoms with Crippen molar-refractivity contribution in [1.82, 2.24) is 0 Å². The molecule has 0 radical (unpaired) electrons. The van der Waals surface area contributed by atoms with Crippen LogP contribution in [0, 0.1) is 0 Å². The molecule has 0 spiro atoms. The van der Waals surface area contributed by atoms with Gasteiger partial charge in [0.2, 0.25) is 0 Å². The molecule has 0 atom stereocenters. The maximum Gasteiger partial charge on any atom is 0.164 e. The second kappa shape index (κ2) is 7.39. The van der Waals surface area contributed by atoms with E-state index in [1.807, 2.05) is 42.5 Å². The molecule has 0 fully saturated rings. The van der Waals surface area contributed by atoms with E-state index in [0.717, 1.165) is 41.3 Å². The quantitative estimate of drug-likeness (QED) is 0.778. The van der Waals surface area contributed by atoms with Crippen LogP contribution in [0.2, 0.25) is 0 Å². The molecule has 2 aromatic carbocycles. The molecule has 0 heterocycles. The molecule has 0 aliphatic heterocycles. The Labute approximate surface area is 126 Å². The van der Waals surface area contributed by atoms with Gasteiger partial charge in [-0.2, -0.15) is 0 Å². The van der Waals surface area contributed by atoms with Crippen LogP contribution in [0.25, 0.3) is 0 Å². The minimum Gasteiger partial charge on any atom is -0.493 e. The van der Waals surface area contributed by atoms with Gasteiger partial charge in [-0.3, -0.25) is 0 Å². The fourth-order valence-corrected chi connectivity index (χ4v) is 2.28. The predicted octanol–water partition coefficient (Wildman–Crippen LogP) is 4.04.